The van der Waals surface area contributed by atoms with Crippen molar-refractivity contribution >= 4 is 6.08 Å². The van der Waals surface area contributed by atoms with Crippen molar-refractivity contribution in [1.82, 2.24) is 4.57 Å². The molecule has 0 unspecified atom stereocenters. The summed E-state index contributed by atoms with van der Waals surface area (Å²) in [4.78, 5) is 9.85. The normalized spacial score (nSPS) is 11.7. The fraction of sp³-hybridized carbons (Fsp3) is 0.250. The molecule has 12 heavy (non-hydrogen) atoms. The van der Waals surface area contributed by atoms with Crippen LogP contribution in [0.25, 0.3) is 6.08 Å². The van der Waals surface area contributed by atoms with Gasteiger partial charge in [0.15, 0.2) is 0 Å². The molecule has 0 atom stereocenters. The highest BCUT2D eigenvalue weighted by Crippen LogP contribution is 2.06. The Kier molecular flexibility index (Phi) is 2.28. The second-order valence-corrected chi connectivity index (χ2v) is 2.65. The minimum atomic E-state index is -0.396. The molecule has 0 radical (unpaired) electrons. The van der Waals surface area contributed by atoms with Crippen LogP contribution in [0.3, 0.4) is 0 Å². The Morgan fingerprint density at radius 2 is 2.42 bits per heavy atom. The molecule has 0 amide bonds. The molecular weight excluding hydrogens is 156 g/mol. The minimum Gasteiger partial charge on any atom is -0.357 e. The predicted molar refractivity (Wildman–Crippen MR) is 46.1 cm³/mol. The molecule has 4 nitrogen and oxygen atoms in total. The number of nitro groups is 1. The summed E-state index contributed by atoms with van der Waals surface area (Å²) < 4.78 is 1.85. The zero-order valence-corrected chi connectivity index (χ0v) is 7.02. The largest absolute Gasteiger partial charge is 0.357 e. The van der Waals surface area contributed by atoms with Crippen LogP contribution in [0.5, 0.6) is 0 Å². The van der Waals surface area contributed by atoms with Crippen LogP contribution >= 0.6 is 0 Å². The molecule has 1 rings (SSSR count). The first-order chi connectivity index (χ1) is 5.59. The van der Waals surface area contributed by atoms with Crippen molar-refractivity contribution < 1.29 is 4.92 Å². The molecule has 0 aliphatic carbocycles. The maximum absolute atomic E-state index is 10.2. The van der Waals surface area contributed by atoms with Gasteiger partial charge in [0.05, 0.1) is 4.92 Å². The molecule has 1 aromatic rings. The van der Waals surface area contributed by atoms with Crippen molar-refractivity contribution in [2.45, 2.75) is 6.92 Å². The molecular formula is C8H10N2O2. The summed E-state index contributed by atoms with van der Waals surface area (Å²) in [5.41, 5.74) is 1.01. The van der Waals surface area contributed by atoms with Crippen molar-refractivity contribution in [2.24, 2.45) is 7.05 Å². The molecule has 0 fully saturated rings. The first kappa shape index (κ1) is 8.52. The van der Waals surface area contributed by atoms with E-state index in [4.69, 9.17) is 0 Å². The van der Waals surface area contributed by atoms with Crippen LogP contribution in [0, 0.1) is 10.1 Å². The Bertz CT molecular complexity index is 326. The number of allylic oxidation sites excluding steroid dienone is 1. The van der Waals surface area contributed by atoms with E-state index in [2.05, 4.69) is 0 Å². The number of nitrogens with zero attached hydrogens (tertiary/aromatic N) is 2. The van der Waals surface area contributed by atoms with Gasteiger partial charge in [-0.15, -0.1) is 0 Å². The second-order valence-electron chi connectivity index (χ2n) is 2.65. The quantitative estimate of drug-likeness (QED) is 0.495. The smallest absolute Gasteiger partial charge is 0.243 e. The molecule has 0 aliphatic rings. The van der Waals surface area contributed by atoms with E-state index >= 15 is 0 Å². The third-order valence-electron chi connectivity index (χ3n) is 1.52. The third-order valence-corrected chi connectivity index (χ3v) is 1.52. The van der Waals surface area contributed by atoms with Gasteiger partial charge in [-0.25, -0.2) is 0 Å². The van der Waals surface area contributed by atoms with Crippen molar-refractivity contribution in [3.8, 4) is 0 Å². The fourth-order valence-electron chi connectivity index (χ4n) is 0.904. The summed E-state index contributed by atoms with van der Waals surface area (Å²) in [5.74, 6) is 0. The van der Waals surface area contributed by atoms with E-state index in [0.717, 1.165) is 5.56 Å². The lowest BCUT2D eigenvalue weighted by Gasteiger charge is -1.87. The maximum Gasteiger partial charge on any atom is 0.243 e. The van der Waals surface area contributed by atoms with E-state index in [9.17, 15) is 10.1 Å². The van der Waals surface area contributed by atoms with Crippen LogP contribution in [0.1, 0.15) is 12.5 Å². The Balaban J connectivity index is 2.87. The number of hydrogen-bond acceptors (Lipinski definition) is 2. The summed E-state index contributed by atoms with van der Waals surface area (Å²) in [7, 11) is 1.87. The molecule has 0 N–H and O–H groups in total. The monoisotopic (exact) mass is 166 g/mol. The van der Waals surface area contributed by atoms with Crippen molar-refractivity contribution in [3.63, 3.8) is 0 Å². The Hall–Kier alpha value is -1.58. The number of rotatable bonds is 2. The van der Waals surface area contributed by atoms with Crippen LogP contribution < -0.4 is 0 Å². The van der Waals surface area contributed by atoms with Gasteiger partial charge in [0.1, 0.15) is 0 Å². The van der Waals surface area contributed by atoms with Gasteiger partial charge in [0.2, 0.25) is 5.70 Å². The van der Waals surface area contributed by atoms with Gasteiger partial charge in [-0.1, -0.05) is 0 Å². The van der Waals surface area contributed by atoms with Crippen molar-refractivity contribution in [1.29, 1.82) is 0 Å². The average Bonchev–Trinajstić information content (AvgIpc) is 2.35. The molecule has 0 bridgehead atoms. The first-order valence-electron chi connectivity index (χ1n) is 3.54. The molecule has 4 heteroatoms. The van der Waals surface area contributed by atoms with Gasteiger partial charge in [-0.05, 0) is 11.6 Å². The SMILES string of the molecule is C/C(=C/c1ccn(C)c1)[N+](=O)[O-]. The lowest BCUT2D eigenvalue weighted by molar-refractivity contribution is -0.422. The van der Waals surface area contributed by atoms with E-state index in [1.54, 1.807) is 6.08 Å². The van der Waals surface area contributed by atoms with E-state index in [0.29, 0.717) is 0 Å². The van der Waals surface area contributed by atoms with Crippen LogP contribution in [-0.4, -0.2) is 9.49 Å². The predicted octanol–water partition coefficient (Wildman–Crippen LogP) is 1.66. The molecule has 0 spiro atoms. The number of hydrogen-bond donors (Lipinski definition) is 0. The molecule has 0 aromatic carbocycles. The summed E-state index contributed by atoms with van der Waals surface area (Å²) in [6, 6.07) is 1.83. The first-order valence-corrected chi connectivity index (χ1v) is 3.54. The van der Waals surface area contributed by atoms with Gasteiger partial charge >= 0.3 is 0 Å². The highest BCUT2D eigenvalue weighted by atomic mass is 16.6. The lowest BCUT2D eigenvalue weighted by Crippen LogP contribution is -1.92. The zero-order valence-electron chi connectivity index (χ0n) is 7.02. The zero-order chi connectivity index (χ0) is 9.14. The van der Waals surface area contributed by atoms with Crippen LogP contribution in [0.2, 0.25) is 0 Å². The fourth-order valence-corrected chi connectivity index (χ4v) is 0.904. The molecule has 0 aliphatic heterocycles. The summed E-state index contributed by atoms with van der Waals surface area (Å²) in [5, 5.41) is 10.2. The molecule has 0 saturated carbocycles. The Morgan fingerprint density at radius 1 is 1.75 bits per heavy atom. The topological polar surface area (TPSA) is 48.1 Å². The van der Waals surface area contributed by atoms with Gasteiger partial charge < -0.3 is 4.57 Å². The second kappa shape index (κ2) is 3.21. The Morgan fingerprint density at radius 3 is 2.83 bits per heavy atom. The van der Waals surface area contributed by atoms with E-state index in [1.165, 1.54) is 6.92 Å². The van der Waals surface area contributed by atoms with Crippen LogP contribution in [0.15, 0.2) is 24.2 Å². The van der Waals surface area contributed by atoms with E-state index < -0.39 is 4.92 Å². The van der Waals surface area contributed by atoms with Crippen LogP contribution in [0.4, 0.5) is 0 Å². The third kappa shape index (κ3) is 1.95. The number of aryl methyl sites for hydroxylation is 1. The lowest BCUT2D eigenvalue weighted by atomic mass is 10.3. The summed E-state index contributed by atoms with van der Waals surface area (Å²) in [6.07, 6.45) is 5.21. The summed E-state index contributed by atoms with van der Waals surface area (Å²) >= 11 is 0. The van der Waals surface area contributed by atoms with Gasteiger partial charge in [-0.2, -0.15) is 0 Å². The van der Waals surface area contributed by atoms with Gasteiger partial charge in [-0.3, -0.25) is 10.1 Å². The van der Waals surface area contributed by atoms with Crippen LogP contribution in [-0.2, 0) is 7.05 Å². The number of aromatic nitrogens is 1. The van der Waals surface area contributed by atoms with Gasteiger partial charge in [0.25, 0.3) is 0 Å². The highest BCUT2D eigenvalue weighted by Gasteiger charge is 2.01. The minimum absolute atomic E-state index is 0.154. The molecule has 64 valence electrons. The average molecular weight is 166 g/mol. The Labute approximate surface area is 70.3 Å². The van der Waals surface area contributed by atoms with Gasteiger partial charge in [0, 0.05) is 32.4 Å². The van der Waals surface area contributed by atoms with E-state index in [1.807, 2.05) is 30.1 Å². The molecule has 1 aromatic heterocycles. The standard InChI is InChI=1S/C8H10N2O2/c1-7(10(11)12)5-8-3-4-9(2)6-8/h3-6H,1-2H3/b7-5-. The van der Waals surface area contributed by atoms with Crippen molar-refractivity contribution in [3.05, 3.63) is 39.8 Å². The molecule has 1 heterocycles. The van der Waals surface area contributed by atoms with E-state index in [-0.39, 0.29) is 5.70 Å². The maximum atomic E-state index is 10.2. The highest BCUT2D eigenvalue weighted by molar-refractivity contribution is 5.49. The molecule has 0 saturated heterocycles. The summed E-state index contributed by atoms with van der Waals surface area (Å²) in [6.45, 7) is 1.48. The van der Waals surface area contributed by atoms with Crippen molar-refractivity contribution in [2.75, 3.05) is 0 Å².